The molecule has 1 aromatic heterocycles. The van der Waals surface area contributed by atoms with Crippen LogP contribution in [0.2, 0.25) is 0 Å². The van der Waals surface area contributed by atoms with Gasteiger partial charge in [-0.1, -0.05) is 20.8 Å². The minimum absolute atomic E-state index is 0.146. The SMILES string of the molecule is CC(C)(C)Cc1csc(-c2ccc(F)cc2F)n1. The maximum atomic E-state index is 13.6. The van der Waals surface area contributed by atoms with Crippen LogP contribution in [0.25, 0.3) is 10.6 Å². The third kappa shape index (κ3) is 3.13. The van der Waals surface area contributed by atoms with Crippen LogP contribution in [0, 0.1) is 17.0 Å². The number of halogens is 2. The topological polar surface area (TPSA) is 12.9 Å². The fraction of sp³-hybridized carbons (Fsp3) is 0.357. The van der Waals surface area contributed by atoms with Crippen LogP contribution in [-0.4, -0.2) is 4.98 Å². The van der Waals surface area contributed by atoms with Crippen LogP contribution in [0.4, 0.5) is 8.78 Å². The van der Waals surface area contributed by atoms with Gasteiger partial charge in [0.15, 0.2) is 0 Å². The van der Waals surface area contributed by atoms with Crippen molar-refractivity contribution in [1.82, 2.24) is 4.98 Å². The van der Waals surface area contributed by atoms with Gasteiger partial charge in [-0.25, -0.2) is 13.8 Å². The van der Waals surface area contributed by atoms with Gasteiger partial charge in [-0.2, -0.15) is 0 Å². The van der Waals surface area contributed by atoms with Crippen molar-refractivity contribution in [2.45, 2.75) is 27.2 Å². The predicted octanol–water partition coefficient (Wildman–Crippen LogP) is 4.68. The summed E-state index contributed by atoms with van der Waals surface area (Å²) in [6.45, 7) is 6.39. The van der Waals surface area contributed by atoms with Crippen LogP contribution in [0.15, 0.2) is 23.6 Å². The van der Waals surface area contributed by atoms with Crippen molar-refractivity contribution >= 4 is 11.3 Å². The molecule has 0 radical (unpaired) electrons. The molecule has 0 N–H and O–H groups in total. The smallest absolute Gasteiger partial charge is 0.136 e. The molecule has 0 aliphatic rings. The molecule has 0 saturated carbocycles. The molecular weight excluding hydrogens is 252 g/mol. The number of hydrogen-bond acceptors (Lipinski definition) is 2. The van der Waals surface area contributed by atoms with Crippen molar-refractivity contribution in [3.8, 4) is 10.6 Å². The van der Waals surface area contributed by atoms with Gasteiger partial charge in [0.05, 0.1) is 5.69 Å². The van der Waals surface area contributed by atoms with Gasteiger partial charge in [0.1, 0.15) is 16.6 Å². The van der Waals surface area contributed by atoms with E-state index in [0.717, 1.165) is 18.2 Å². The predicted molar refractivity (Wildman–Crippen MR) is 70.6 cm³/mol. The van der Waals surface area contributed by atoms with Crippen molar-refractivity contribution in [3.05, 3.63) is 40.9 Å². The van der Waals surface area contributed by atoms with Gasteiger partial charge in [-0.3, -0.25) is 0 Å². The molecule has 0 aliphatic carbocycles. The van der Waals surface area contributed by atoms with Crippen molar-refractivity contribution in [2.24, 2.45) is 5.41 Å². The molecule has 1 nitrogen and oxygen atoms in total. The Morgan fingerprint density at radius 2 is 1.94 bits per heavy atom. The molecule has 2 aromatic rings. The highest BCUT2D eigenvalue weighted by Gasteiger charge is 2.15. The summed E-state index contributed by atoms with van der Waals surface area (Å²) in [6.07, 6.45) is 0.840. The summed E-state index contributed by atoms with van der Waals surface area (Å²) in [6, 6.07) is 3.58. The van der Waals surface area contributed by atoms with E-state index in [1.165, 1.54) is 23.5 Å². The van der Waals surface area contributed by atoms with E-state index in [2.05, 4.69) is 25.8 Å². The van der Waals surface area contributed by atoms with Gasteiger partial charge in [-0.05, 0) is 24.0 Å². The molecule has 96 valence electrons. The van der Waals surface area contributed by atoms with Crippen LogP contribution >= 0.6 is 11.3 Å². The summed E-state index contributed by atoms with van der Waals surface area (Å²) in [5.74, 6) is -1.13. The van der Waals surface area contributed by atoms with Crippen LogP contribution in [-0.2, 0) is 6.42 Å². The van der Waals surface area contributed by atoms with E-state index in [4.69, 9.17) is 0 Å². The normalized spacial score (nSPS) is 11.8. The molecule has 0 atom stereocenters. The number of nitrogens with zero attached hydrogens (tertiary/aromatic N) is 1. The molecule has 0 spiro atoms. The Labute approximate surface area is 110 Å². The second-order valence-electron chi connectivity index (χ2n) is 5.51. The van der Waals surface area contributed by atoms with E-state index in [1.807, 2.05) is 5.38 Å². The maximum absolute atomic E-state index is 13.6. The van der Waals surface area contributed by atoms with Crippen LogP contribution in [0.1, 0.15) is 26.5 Å². The fourth-order valence-electron chi connectivity index (χ4n) is 1.72. The third-order valence-electron chi connectivity index (χ3n) is 2.42. The zero-order chi connectivity index (χ0) is 13.3. The Balaban J connectivity index is 2.29. The Kier molecular flexibility index (Phi) is 3.48. The van der Waals surface area contributed by atoms with E-state index in [-0.39, 0.29) is 5.41 Å². The van der Waals surface area contributed by atoms with Gasteiger partial charge in [0, 0.05) is 17.0 Å². The number of rotatable bonds is 2. The second kappa shape index (κ2) is 4.76. The van der Waals surface area contributed by atoms with Crippen LogP contribution in [0.3, 0.4) is 0 Å². The summed E-state index contributed by atoms with van der Waals surface area (Å²) in [5.41, 5.74) is 1.46. The fourth-order valence-corrected chi connectivity index (χ4v) is 2.56. The molecule has 0 unspecified atom stereocenters. The molecular formula is C14H15F2NS. The first-order valence-corrected chi connectivity index (χ1v) is 6.63. The summed E-state index contributed by atoms with van der Waals surface area (Å²) in [5, 5.41) is 2.54. The first kappa shape index (κ1) is 13.1. The highest BCUT2D eigenvalue weighted by atomic mass is 32.1. The van der Waals surface area contributed by atoms with E-state index in [9.17, 15) is 8.78 Å². The Morgan fingerprint density at radius 3 is 2.56 bits per heavy atom. The summed E-state index contributed by atoms with van der Waals surface area (Å²) < 4.78 is 26.4. The standard InChI is InChI=1S/C14H15F2NS/c1-14(2,3)7-10-8-18-13(17-10)11-5-4-9(15)6-12(11)16/h4-6,8H,7H2,1-3H3. The third-order valence-corrected chi connectivity index (χ3v) is 3.35. The van der Waals surface area contributed by atoms with E-state index < -0.39 is 11.6 Å². The highest BCUT2D eigenvalue weighted by molar-refractivity contribution is 7.13. The lowest BCUT2D eigenvalue weighted by atomic mass is 9.91. The molecule has 0 amide bonds. The Bertz CT molecular complexity index is 555. The molecule has 0 saturated heterocycles. The summed E-state index contributed by atoms with van der Waals surface area (Å²) in [7, 11) is 0. The molecule has 0 bridgehead atoms. The molecule has 0 fully saturated rings. The largest absolute Gasteiger partial charge is 0.241 e. The average Bonchev–Trinajstić information content (AvgIpc) is 2.63. The zero-order valence-corrected chi connectivity index (χ0v) is 11.4. The molecule has 4 heteroatoms. The quantitative estimate of drug-likeness (QED) is 0.770. The van der Waals surface area contributed by atoms with Gasteiger partial charge in [0.25, 0.3) is 0 Å². The average molecular weight is 267 g/mol. The Hall–Kier alpha value is -1.29. The highest BCUT2D eigenvalue weighted by Crippen LogP contribution is 2.29. The van der Waals surface area contributed by atoms with Gasteiger partial charge < -0.3 is 0 Å². The first-order chi connectivity index (χ1) is 8.35. The van der Waals surface area contributed by atoms with Crippen LogP contribution < -0.4 is 0 Å². The monoisotopic (exact) mass is 267 g/mol. The van der Waals surface area contributed by atoms with E-state index in [1.54, 1.807) is 0 Å². The van der Waals surface area contributed by atoms with Gasteiger partial charge in [-0.15, -0.1) is 11.3 Å². The number of benzene rings is 1. The van der Waals surface area contributed by atoms with Crippen molar-refractivity contribution < 1.29 is 8.78 Å². The molecule has 1 heterocycles. The number of aromatic nitrogens is 1. The number of thiazole rings is 1. The maximum Gasteiger partial charge on any atom is 0.136 e. The summed E-state index contributed by atoms with van der Waals surface area (Å²) >= 11 is 1.39. The lowest BCUT2D eigenvalue weighted by Gasteiger charge is -2.15. The summed E-state index contributed by atoms with van der Waals surface area (Å²) in [4.78, 5) is 4.41. The van der Waals surface area contributed by atoms with Crippen molar-refractivity contribution in [1.29, 1.82) is 0 Å². The second-order valence-corrected chi connectivity index (χ2v) is 6.36. The van der Waals surface area contributed by atoms with Crippen LogP contribution in [0.5, 0.6) is 0 Å². The molecule has 0 aliphatic heterocycles. The van der Waals surface area contributed by atoms with Crippen molar-refractivity contribution in [3.63, 3.8) is 0 Å². The van der Waals surface area contributed by atoms with E-state index >= 15 is 0 Å². The zero-order valence-electron chi connectivity index (χ0n) is 10.6. The molecule has 18 heavy (non-hydrogen) atoms. The lowest BCUT2D eigenvalue weighted by Crippen LogP contribution is -2.09. The minimum atomic E-state index is -0.567. The lowest BCUT2D eigenvalue weighted by molar-refractivity contribution is 0.407. The number of hydrogen-bond donors (Lipinski definition) is 0. The van der Waals surface area contributed by atoms with Gasteiger partial charge >= 0.3 is 0 Å². The van der Waals surface area contributed by atoms with Gasteiger partial charge in [0.2, 0.25) is 0 Å². The Morgan fingerprint density at radius 1 is 1.22 bits per heavy atom. The molecule has 2 rings (SSSR count). The van der Waals surface area contributed by atoms with Crippen molar-refractivity contribution in [2.75, 3.05) is 0 Å². The molecule has 1 aromatic carbocycles. The first-order valence-electron chi connectivity index (χ1n) is 5.75. The van der Waals surface area contributed by atoms with E-state index in [0.29, 0.717) is 10.6 Å². The minimum Gasteiger partial charge on any atom is -0.241 e.